The molecule has 94 valence electrons. The van der Waals surface area contributed by atoms with E-state index in [-0.39, 0.29) is 5.82 Å². The van der Waals surface area contributed by atoms with Crippen molar-refractivity contribution < 1.29 is 9.50 Å². The first-order chi connectivity index (χ1) is 8.05. The van der Waals surface area contributed by atoms with Crippen molar-refractivity contribution in [1.29, 1.82) is 0 Å². The Bertz CT molecular complexity index is 402. The number of halogens is 2. The van der Waals surface area contributed by atoms with E-state index in [9.17, 15) is 9.50 Å². The molecule has 17 heavy (non-hydrogen) atoms. The van der Waals surface area contributed by atoms with Crippen LogP contribution >= 0.6 is 11.6 Å². The van der Waals surface area contributed by atoms with Crippen molar-refractivity contribution in [3.8, 4) is 0 Å². The summed E-state index contributed by atoms with van der Waals surface area (Å²) in [6.07, 6.45) is 2.98. The topological polar surface area (TPSA) is 32.3 Å². The van der Waals surface area contributed by atoms with E-state index in [1.807, 2.05) is 7.05 Å². The van der Waals surface area contributed by atoms with Crippen LogP contribution in [-0.2, 0) is 5.60 Å². The number of hydrogen-bond donors (Lipinski definition) is 2. The summed E-state index contributed by atoms with van der Waals surface area (Å²) in [5, 5.41) is 14.2. The highest BCUT2D eigenvalue weighted by molar-refractivity contribution is 6.31. The van der Waals surface area contributed by atoms with Gasteiger partial charge in [0.2, 0.25) is 0 Å². The molecule has 1 fully saturated rings. The molecule has 0 amide bonds. The van der Waals surface area contributed by atoms with E-state index in [2.05, 4.69) is 5.32 Å². The Morgan fingerprint density at radius 3 is 2.65 bits per heavy atom. The molecular formula is C13H17ClFNO. The zero-order valence-corrected chi connectivity index (χ0v) is 10.6. The Labute approximate surface area is 106 Å². The second-order valence-electron chi connectivity index (χ2n) is 4.72. The van der Waals surface area contributed by atoms with Crippen molar-refractivity contribution in [2.45, 2.75) is 37.3 Å². The first kappa shape index (κ1) is 12.8. The van der Waals surface area contributed by atoms with Gasteiger partial charge in [-0.05, 0) is 50.9 Å². The van der Waals surface area contributed by atoms with Gasteiger partial charge in [-0.1, -0.05) is 11.6 Å². The SMILES string of the molecule is CNC1CCC(O)(c2cc(F)ccc2Cl)CC1. The molecule has 0 spiro atoms. The second-order valence-corrected chi connectivity index (χ2v) is 5.13. The predicted molar refractivity (Wildman–Crippen MR) is 66.6 cm³/mol. The molecule has 1 aliphatic carbocycles. The van der Waals surface area contributed by atoms with Gasteiger partial charge >= 0.3 is 0 Å². The molecule has 2 nitrogen and oxygen atoms in total. The summed E-state index contributed by atoms with van der Waals surface area (Å²) >= 11 is 6.05. The lowest BCUT2D eigenvalue weighted by Crippen LogP contribution is -2.38. The maximum Gasteiger partial charge on any atom is 0.123 e. The maximum atomic E-state index is 13.2. The van der Waals surface area contributed by atoms with Crippen LogP contribution < -0.4 is 5.32 Å². The lowest BCUT2D eigenvalue weighted by atomic mass is 9.77. The highest BCUT2D eigenvalue weighted by Crippen LogP contribution is 2.40. The Morgan fingerprint density at radius 1 is 1.41 bits per heavy atom. The fourth-order valence-corrected chi connectivity index (χ4v) is 2.80. The Morgan fingerprint density at radius 2 is 2.06 bits per heavy atom. The van der Waals surface area contributed by atoms with Gasteiger partial charge in [0, 0.05) is 16.6 Å². The van der Waals surface area contributed by atoms with E-state index in [0.29, 0.717) is 29.5 Å². The van der Waals surface area contributed by atoms with Gasteiger partial charge in [-0.2, -0.15) is 0 Å². The molecule has 1 saturated carbocycles. The van der Waals surface area contributed by atoms with E-state index < -0.39 is 5.60 Å². The van der Waals surface area contributed by atoms with Gasteiger partial charge in [-0.25, -0.2) is 4.39 Å². The third kappa shape index (κ3) is 2.62. The molecule has 2 N–H and O–H groups in total. The van der Waals surface area contributed by atoms with E-state index in [1.54, 1.807) is 0 Å². The monoisotopic (exact) mass is 257 g/mol. The van der Waals surface area contributed by atoms with E-state index in [0.717, 1.165) is 12.8 Å². The fourth-order valence-electron chi connectivity index (χ4n) is 2.51. The highest BCUT2D eigenvalue weighted by atomic mass is 35.5. The van der Waals surface area contributed by atoms with Crippen molar-refractivity contribution in [2.24, 2.45) is 0 Å². The minimum atomic E-state index is -0.980. The van der Waals surface area contributed by atoms with Crippen LogP contribution in [-0.4, -0.2) is 18.2 Å². The summed E-state index contributed by atoms with van der Waals surface area (Å²) in [5.74, 6) is -0.353. The van der Waals surface area contributed by atoms with Gasteiger partial charge in [0.15, 0.2) is 0 Å². The molecule has 1 aromatic rings. The molecule has 0 saturated heterocycles. The lowest BCUT2D eigenvalue weighted by molar-refractivity contribution is -0.00777. The summed E-state index contributed by atoms with van der Waals surface area (Å²) in [4.78, 5) is 0. The second kappa shape index (κ2) is 4.92. The van der Waals surface area contributed by atoms with Gasteiger partial charge in [0.25, 0.3) is 0 Å². The number of hydrogen-bond acceptors (Lipinski definition) is 2. The molecule has 2 rings (SSSR count). The van der Waals surface area contributed by atoms with Crippen molar-refractivity contribution in [1.82, 2.24) is 5.32 Å². The molecule has 0 aliphatic heterocycles. The van der Waals surface area contributed by atoms with Gasteiger partial charge < -0.3 is 10.4 Å². The fraction of sp³-hybridized carbons (Fsp3) is 0.538. The predicted octanol–water partition coefficient (Wildman–Crippen LogP) is 2.83. The summed E-state index contributed by atoms with van der Waals surface area (Å²) in [7, 11) is 1.92. The molecule has 0 atom stereocenters. The molecular weight excluding hydrogens is 241 g/mol. The average Bonchev–Trinajstić information content (AvgIpc) is 2.33. The Hall–Kier alpha value is -0.640. The van der Waals surface area contributed by atoms with E-state index in [1.165, 1.54) is 18.2 Å². The molecule has 4 heteroatoms. The summed E-state index contributed by atoms with van der Waals surface area (Å²) in [5.41, 5.74) is -0.458. The van der Waals surface area contributed by atoms with Crippen LogP contribution in [0.15, 0.2) is 18.2 Å². The number of benzene rings is 1. The van der Waals surface area contributed by atoms with Crippen LogP contribution in [0, 0.1) is 5.82 Å². The van der Waals surface area contributed by atoms with Gasteiger partial charge in [0.1, 0.15) is 5.82 Å². The standard InChI is InChI=1S/C13H17ClFNO/c1-16-10-4-6-13(17,7-5-10)11-8-9(15)2-3-12(11)14/h2-3,8,10,16-17H,4-7H2,1H3. The molecule has 0 bridgehead atoms. The van der Waals surface area contributed by atoms with E-state index >= 15 is 0 Å². The largest absolute Gasteiger partial charge is 0.385 e. The van der Waals surface area contributed by atoms with Crippen LogP contribution in [0.2, 0.25) is 5.02 Å². The number of aliphatic hydroxyl groups is 1. The third-order valence-corrected chi connectivity index (χ3v) is 3.98. The van der Waals surface area contributed by atoms with Gasteiger partial charge in [-0.3, -0.25) is 0 Å². The number of nitrogens with one attached hydrogen (secondary N) is 1. The van der Waals surface area contributed by atoms with E-state index in [4.69, 9.17) is 11.6 Å². The zero-order valence-electron chi connectivity index (χ0n) is 9.84. The molecule has 0 heterocycles. The van der Waals surface area contributed by atoms with Gasteiger partial charge in [-0.15, -0.1) is 0 Å². The summed E-state index contributed by atoms with van der Waals surface area (Å²) in [6.45, 7) is 0. The minimum Gasteiger partial charge on any atom is -0.385 e. The normalized spacial score (nSPS) is 29.3. The quantitative estimate of drug-likeness (QED) is 0.854. The molecule has 0 radical (unpaired) electrons. The van der Waals surface area contributed by atoms with Crippen molar-refractivity contribution in [2.75, 3.05) is 7.05 Å². The highest BCUT2D eigenvalue weighted by Gasteiger charge is 2.36. The lowest BCUT2D eigenvalue weighted by Gasteiger charge is -2.36. The molecule has 0 aromatic heterocycles. The molecule has 1 aliphatic rings. The Balaban J connectivity index is 2.24. The number of rotatable bonds is 2. The maximum absolute atomic E-state index is 13.2. The van der Waals surface area contributed by atoms with Crippen LogP contribution in [0.4, 0.5) is 4.39 Å². The van der Waals surface area contributed by atoms with Crippen molar-refractivity contribution >= 4 is 11.6 Å². The summed E-state index contributed by atoms with van der Waals surface area (Å²) < 4.78 is 13.2. The third-order valence-electron chi connectivity index (χ3n) is 3.65. The van der Waals surface area contributed by atoms with Crippen LogP contribution in [0.1, 0.15) is 31.2 Å². The first-order valence-electron chi connectivity index (χ1n) is 5.90. The molecule has 1 aromatic carbocycles. The van der Waals surface area contributed by atoms with Crippen molar-refractivity contribution in [3.05, 3.63) is 34.6 Å². The van der Waals surface area contributed by atoms with Gasteiger partial charge in [0.05, 0.1) is 5.60 Å². The van der Waals surface area contributed by atoms with Crippen LogP contribution in [0.25, 0.3) is 0 Å². The first-order valence-corrected chi connectivity index (χ1v) is 6.28. The van der Waals surface area contributed by atoms with Crippen LogP contribution in [0.5, 0.6) is 0 Å². The Kier molecular flexibility index (Phi) is 3.71. The zero-order chi connectivity index (χ0) is 12.5. The average molecular weight is 258 g/mol. The summed E-state index contributed by atoms with van der Waals surface area (Å²) in [6, 6.07) is 4.60. The smallest absolute Gasteiger partial charge is 0.123 e. The van der Waals surface area contributed by atoms with Crippen molar-refractivity contribution in [3.63, 3.8) is 0 Å². The minimum absolute atomic E-state index is 0.353. The van der Waals surface area contributed by atoms with Crippen LogP contribution in [0.3, 0.4) is 0 Å². The molecule has 0 unspecified atom stereocenters.